The molecular weight excluding hydrogens is 448 g/mol. The van der Waals surface area contributed by atoms with Gasteiger partial charge < -0.3 is 19.3 Å². The van der Waals surface area contributed by atoms with E-state index in [2.05, 4.69) is 0 Å². The van der Waals surface area contributed by atoms with E-state index in [1.54, 1.807) is 18.7 Å². The minimum atomic E-state index is -0.289. The maximum absolute atomic E-state index is 13.2. The number of carbonyl (C=O) groups is 2. The van der Waals surface area contributed by atoms with E-state index < -0.39 is 0 Å². The summed E-state index contributed by atoms with van der Waals surface area (Å²) in [6.45, 7) is 3.71. The first-order chi connectivity index (χ1) is 17.0. The molecule has 0 spiro atoms. The molecule has 1 aromatic heterocycles. The molecule has 1 aliphatic carbocycles. The van der Waals surface area contributed by atoms with Crippen LogP contribution in [0.3, 0.4) is 0 Å². The Morgan fingerprint density at radius 1 is 0.971 bits per heavy atom. The number of nitrogens with zero attached hydrogens (tertiary/aromatic N) is 4. The largest absolute Gasteiger partial charge is 0.497 e. The van der Waals surface area contributed by atoms with Crippen molar-refractivity contribution in [1.82, 2.24) is 18.9 Å². The normalized spacial score (nSPS) is 25.3. The first-order valence-electron chi connectivity index (χ1n) is 12.9. The Hall–Kier alpha value is -2.81. The van der Waals surface area contributed by atoms with E-state index in [0.717, 1.165) is 55.3 Å². The molecule has 1 saturated carbocycles. The number of fused-ring (bicyclic) bond motifs is 1. The highest BCUT2D eigenvalue weighted by Gasteiger charge is 2.34. The lowest BCUT2D eigenvalue weighted by atomic mass is 9.81. The molecule has 3 fully saturated rings. The predicted octanol–water partition coefficient (Wildman–Crippen LogP) is 2.00. The molecule has 2 amide bonds. The van der Waals surface area contributed by atoms with Gasteiger partial charge in [-0.3, -0.25) is 18.7 Å². The van der Waals surface area contributed by atoms with Crippen molar-refractivity contribution in [3.05, 3.63) is 28.7 Å². The maximum atomic E-state index is 13.2. The van der Waals surface area contributed by atoms with Gasteiger partial charge in [-0.1, -0.05) is 0 Å². The highest BCUT2D eigenvalue weighted by molar-refractivity contribution is 5.82. The highest BCUT2D eigenvalue weighted by Crippen LogP contribution is 2.32. The van der Waals surface area contributed by atoms with Crippen molar-refractivity contribution < 1.29 is 19.1 Å². The zero-order valence-corrected chi connectivity index (χ0v) is 20.8. The molecule has 1 unspecified atom stereocenters. The quantitative estimate of drug-likeness (QED) is 0.648. The Bertz CT molecular complexity index is 1130. The number of imidazole rings is 1. The number of hydrogen-bond acceptors (Lipinski definition) is 5. The van der Waals surface area contributed by atoms with Gasteiger partial charge in [-0.25, -0.2) is 4.79 Å². The van der Waals surface area contributed by atoms with E-state index in [9.17, 15) is 14.4 Å². The maximum Gasteiger partial charge on any atom is 0.328 e. The van der Waals surface area contributed by atoms with Gasteiger partial charge in [0.1, 0.15) is 11.9 Å². The van der Waals surface area contributed by atoms with Crippen LogP contribution in [0.5, 0.6) is 5.75 Å². The number of carbonyl (C=O) groups excluding carboxylic acids is 2. The van der Waals surface area contributed by atoms with Crippen molar-refractivity contribution in [3.8, 4) is 5.75 Å². The molecule has 9 nitrogen and oxygen atoms in total. The average molecular weight is 485 g/mol. The van der Waals surface area contributed by atoms with Crippen LogP contribution >= 0.6 is 0 Å². The van der Waals surface area contributed by atoms with Crippen LogP contribution in [-0.2, 0) is 27.9 Å². The molecule has 3 aliphatic rings. The van der Waals surface area contributed by atoms with Crippen LogP contribution < -0.4 is 10.4 Å². The number of amides is 2. The van der Waals surface area contributed by atoms with Crippen LogP contribution in [0.25, 0.3) is 11.0 Å². The molecule has 1 aromatic carbocycles. The lowest BCUT2D eigenvalue weighted by Gasteiger charge is -2.38. The fourth-order valence-corrected chi connectivity index (χ4v) is 5.93. The topological polar surface area (TPSA) is 86.0 Å². The number of aryl methyl sites for hydroxylation is 1. The number of ether oxygens (including phenoxy) is 2. The van der Waals surface area contributed by atoms with Crippen molar-refractivity contribution >= 4 is 22.8 Å². The standard InChI is InChI=1S/C26H36N4O5/c1-27-21-10-9-20(34-2)16-22(21)30(26(27)33)17-18-5-7-19(8-6-18)24(31)28-11-13-29(14-12-28)25(32)23-4-3-15-35-23/h9-10,16,18-19,23H,3-8,11-15,17H2,1-2H3. The molecular formula is C26H36N4O5. The van der Waals surface area contributed by atoms with Gasteiger partial charge in [0.05, 0.1) is 18.1 Å². The summed E-state index contributed by atoms with van der Waals surface area (Å²) in [4.78, 5) is 42.4. The smallest absolute Gasteiger partial charge is 0.328 e. The van der Waals surface area contributed by atoms with Gasteiger partial charge in [-0.15, -0.1) is 0 Å². The number of methoxy groups -OCH3 is 1. The summed E-state index contributed by atoms with van der Waals surface area (Å²) in [6.07, 6.45) is 5.02. The lowest BCUT2D eigenvalue weighted by molar-refractivity contribution is -0.147. The predicted molar refractivity (Wildman–Crippen MR) is 131 cm³/mol. The van der Waals surface area contributed by atoms with E-state index in [1.807, 2.05) is 32.6 Å². The van der Waals surface area contributed by atoms with E-state index in [-0.39, 0.29) is 29.5 Å². The fourth-order valence-electron chi connectivity index (χ4n) is 5.93. The van der Waals surface area contributed by atoms with E-state index in [4.69, 9.17) is 9.47 Å². The first kappa shape index (κ1) is 23.9. The van der Waals surface area contributed by atoms with E-state index in [1.165, 1.54) is 0 Å². The zero-order chi connectivity index (χ0) is 24.5. The van der Waals surface area contributed by atoms with Crippen molar-refractivity contribution in [2.45, 2.75) is 51.2 Å². The molecule has 0 N–H and O–H groups in total. The van der Waals surface area contributed by atoms with Crippen LogP contribution in [0.1, 0.15) is 38.5 Å². The number of benzene rings is 1. The number of aromatic nitrogens is 2. The summed E-state index contributed by atoms with van der Waals surface area (Å²) < 4.78 is 14.4. The van der Waals surface area contributed by atoms with Crippen molar-refractivity contribution in [2.75, 3.05) is 39.9 Å². The molecule has 1 atom stereocenters. The molecule has 2 aliphatic heterocycles. The van der Waals surface area contributed by atoms with Crippen LogP contribution in [0, 0.1) is 11.8 Å². The average Bonchev–Trinajstić information content (AvgIpc) is 3.52. The van der Waals surface area contributed by atoms with Crippen LogP contribution in [-0.4, -0.2) is 76.7 Å². The summed E-state index contributed by atoms with van der Waals surface area (Å²) in [7, 11) is 3.43. The third-order valence-corrected chi connectivity index (χ3v) is 8.10. The number of piperazine rings is 1. The minimum absolute atomic E-state index is 0.0122. The Balaban J connectivity index is 1.15. The van der Waals surface area contributed by atoms with Gasteiger partial charge in [0, 0.05) is 58.4 Å². The number of rotatable bonds is 5. The van der Waals surface area contributed by atoms with Crippen molar-refractivity contribution in [2.24, 2.45) is 18.9 Å². The first-order valence-corrected chi connectivity index (χ1v) is 12.9. The Morgan fingerprint density at radius 3 is 2.29 bits per heavy atom. The summed E-state index contributed by atoms with van der Waals surface area (Å²) in [5.74, 6) is 1.45. The number of hydrogen-bond donors (Lipinski definition) is 0. The summed E-state index contributed by atoms with van der Waals surface area (Å²) in [5, 5.41) is 0. The van der Waals surface area contributed by atoms with Crippen molar-refractivity contribution in [3.63, 3.8) is 0 Å². The second kappa shape index (κ2) is 10.0. The molecule has 0 radical (unpaired) electrons. The monoisotopic (exact) mass is 484 g/mol. The fraction of sp³-hybridized carbons (Fsp3) is 0.654. The molecule has 2 aromatic rings. The van der Waals surface area contributed by atoms with Gasteiger partial charge in [0.15, 0.2) is 0 Å². The summed E-state index contributed by atoms with van der Waals surface area (Å²) >= 11 is 0. The van der Waals surface area contributed by atoms with Gasteiger partial charge in [0.25, 0.3) is 5.91 Å². The molecule has 5 rings (SSSR count). The molecule has 2 saturated heterocycles. The minimum Gasteiger partial charge on any atom is -0.497 e. The van der Waals surface area contributed by atoms with Crippen molar-refractivity contribution in [1.29, 1.82) is 0 Å². The molecule has 35 heavy (non-hydrogen) atoms. The second-order valence-corrected chi connectivity index (χ2v) is 10.2. The van der Waals surface area contributed by atoms with Crippen LogP contribution in [0.2, 0.25) is 0 Å². The second-order valence-electron chi connectivity index (χ2n) is 10.2. The van der Waals surface area contributed by atoms with Gasteiger partial charge in [-0.2, -0.15) is 0 Å². The third kappa shape index (κ3) is 4.70. The highest BCUT2D eigenvalue weighted by atomic mass is 16.5. The lowest BCUT2D eigenvalue weighted by Crippen LogP contribution is -2.54. The van der Waals surface area contributed by atoms with E-state index in [0.29, 0.717) is 45.2 Å². The molecule has 0 bridgehead atoms. The van der Waals surface area contributed by atoms with Gasteiger partial charge in [0.2, 0.25) is 5.91 Å². The van der Waals surface area contributed by atoms with E-state index >= 15 is 0 Å². The zero-order valence-electron chi connectivity index (χ0n) is 20.8. The van der Waals surface area contributed by atoms with Crippen LogP contribution in [0.4, 0.5) is 0 Å². The molecule has 9 heteroatoms. The Labute approximate surface area is 205 Å². The molecule has 190 valence electrons. The van der Waals surface area contributed by atoms with Gasteiger partial charge in [-0.05, 0) is 56.6 Å². The summed E-state index contributed by atoms with van der Waals surface area (Å²) in [6, 6.07) is 5.73. The SMILES string of the molecule is COc1ccc2c(c1)n(CC1CCC(C(=O)N3CCN(C(=O)C4CCCO4)CC3)CC1)c(=O)n2C. The molecule has 3 heterocycles. The summed E-state index contributed by atoms with van der Waals surface area (Å²) in [5.41, 5.74) is 1.78. The third-order valence-electron chi connectivity index (χ3n) is 8.10. The Morgan fingerprint density at radius 2 is 1.66 bits per heavy atom. The van der Waals surface area contributed by atoms with Crippen LogP contribution in [0.15, 0.2) is 23.0 Å². The Kier molecular flexibility index (Phi) is 6.86. The van der Waals surface area contributed by atoms with Gasteiger partial charge >= 0.3 is 5.69 Å².